The number of sulfonamides is 1. The van der Waals surface area contributed by atoms with Crippen molar-refractivity contribution in [1.82, 2.24) is 4.31 Å². The fourth-order valence-electron chi connectivity index (χ4n) is 3.03. The van der Waals surface area contributed by atoms with Gasteiger partial charge in [0.2, 0.25) is 10.0 Å². The fraction of sp³-hybridized carbons (Fsp3) is 0.333. The molecule has 1 aliphatic heterocycles. The highest BCUT2D eigenvalue weighted by atomic mass is 32.2. The molecule has 122 valence electrons. The van der Waals surface area contributed by atoms with Crippen LogP contribution in [0.4, 0.5) is 0 Å². The van der Waals surface area contributed by atoms with Crippen molar-refractivity contribution in [1.29, 1.82) is 0 Å². The Morgan fingerprint density at radius 3 is 2.30 bits per heavy atom. The summed E-state index contributed by atoms with van der Waals surface area (Å²) in [5.74, 6) is 0.653. The zero-order valence-corrected chi connectivity index (χ0v) is 14.2. The first-order valence-electron chi connectivity index (χ1n) is 7.75. The smallest absolute Gasteiger partial charge is 0.243 e. The van der Waals surface area contributed by atoms with Crippen LogP contribution in [0.5, 0.6) is 5.75 Å². The van der Waals surface area contributed by atoms with Crippen LogP contribution in [0.25, 0.3) is 0 Å². The Morgan fingerprint density at radius 1 is 1.04 bits per heavy atom. The molecule has 1 fully saturated rings. The Kier molecular flexibility index (Phi) is 4.41. The van der Waals surface area contributed by atoms with Crippen LogP contribution >= 0.6 is 0 Å². The highest BCUT2D eigenvalue weighted by molar-refractivity contribution is 7.89. The second-order valence-electron chi connectivity index (χ2n) is 5.86. The van der Waals surface area contributed by atoms with E-state index in [2.05, 4.69) is 0 Å². The van der Waals surface area contributed by atoms with Gasteiger partial charge in [0.05, 0.1) is 18.0 Å². The third-order valence-corrected chi connectivity index (χ3v) is 6.25. The van der Waals surface area contributed by atoms with Crippen molar-refractivity contribution in [2.75, 3.05) is 13.7 Å². The van der Waals surface area contributed by atoms with Gasteiger partial charge in [-0.2, -0.15) is 4.31 Å². The minimum absolute atomic E-state index is 0.0808. The molecule has 1 saturated heterocycles. The summed E-state index contributed by atoms with van der Waals surface area (Å²) >= 11 is 0. The van der Waals surface area contributed by atoms with E-state index in [4.69, 9.17) is 4.74 Å². The normalized spacial score (nSPS) is 19.0. The minimum atomic E-state index is -3.49. The van der Waals surface area contributed by atoms with Crippen molar-refractivity contribution >= 4 is 10.0 Å². The van der Waals surface area contributed by atoms with Crippen molar-refractivity contribution in [2.24, 2.45) is 0 Å². The number of ether oxygens (including phenoxy) is 1. The van der Waals surface area contributed by atoms with E-state index in [-0.39, 0.29) is 6.04 Å². The van der Waals surface area contributed by atoms with Crippen molar-refractivity contribution in [2.45, 2.75) is 30.7 Å². The van der Waals surface area contributed by atoms with Gasteiger partial charge in [-0.15, -0.1) is 0 Å². The van der Waals surface area contributed by atoms with Crippen LogP contribution in [-0.4, -0.2) is 26.4 Å². The second-order valence-corrected chi connectivity index (χ2v) is 7.75. The zero-order chi connectivity index (χ0) is 16.4. The first-order valence-corrected chi connectivity index (χ1v) is 9.19. The number of nitrogens with zero attached hydrogens (tertiary/aromatic N) is 1. The standard InChI is InChI=1S/C18H21NO3S/c1-14-5-7-15(8-6-14)18-4-3-13-19(18)23(20,21)17-11-9-16(22-2)10-12-17/h5-12,18H,3-4,13H2,1-2H3/t18-/m1/s1. The molecule has 1 heterocycles. The van der Waals surface area contributed by atoms with Gasteiger partial charge in [-0.1, -0.05) is 29.8 Å². The summed E-state index contributed by atoms with van der Waals surface area (Å²) in [5.41, 5.74) is 2.24. The lowest BCUT2D eigenvalue weighted by Crippen LogP contribution is -2.30. The largest absolute Gasteiger partial charge is 0.497 e. The summed E-state index contributed by atoms with van der Waals surface area (Å²) in [6.07, 6.45) is 1.74. The topological polar surface area (TPSA) is 46.6 Å². The van der Waals surface area contributed by atoms with Crippen LogP contribution in [0.3, 0.4) is 0 Å². The Balaban J connectivity index is 1.92. The molecular weight excluding hydrogens is 310 g/mol. The number of methoxy groups -OCH3 is 1. The van der Waals surface area contributed by atoms with Gasteiger partial charge in [0.1, 0.15) is 5.75 Å². The number of hydrogen-bond acceptors (Lipinski definition) is 3. The molecule has 0 unspecified atom stereocenters. The molecule has 0 bridgehead atoms. The molecular formula is C18H21NO3S. The second kappa shape index (κ2) is 6.34. The molecule has 2 aromatic carbocycles. The predicted molar refractivity (Wildman–Crippen MR) is 90.0 cm³/mol. The van der Waals surface area contributed by atoms with Gasteiger partial charge in [-0.25, -0.2) is 8.42 Å². The number of rotatable bonds is 4. The lowest BCUT2D eigenvalue weighted by molar-refractivity contribution is 0.396. The Bertz CT molecular complexity index is 767. The molecule has 0 aromatic heterocycles. The van der Waals surface area contributed by atoms with Crippen LogP contribution < -0.4 is 4.74 Å². The van der Waals surface area contributed by atoms with Gasteiger partial charge < -0.3 is 4.74 Å². The summed E-state index contributed by atoms with van der Waals surface area (Å²) < 4.78 is 32.7. The number of aryl methyl sites for hydroxylation is 1. The highest BCUT2D eigenvalue weighted by Gasteiger charge is 2.36. The monoisotopic (exact) mass is 331 g/mol. The third-order valence-electron chi connectivity index (χ3n) is 4.33. The van der Waals surface area contributed by atoms with Crippen LogP contribution in [0.1, 0.15) is 30.0 Å². The highest BCUT2D eigenvalue weighted by Crippen LogP contribution is 2.36. The quantitative estimate of drug-likeness (QED) is 0.861. The van der Waals surface area contributed by atoms with Crippen molar-refractivity contribution in [3.8, 4) is 5.75 Å². The Hall–Kier alpha value is -1.85. The average Bonchev–Trinajstić information content (AvgIpc) is 3.06. The molecule has 0 N–H and O–H groups in total. The van der Waals surface area contributed by atoms with Gasteiger partial charge in [0, 0.05) is 6.54 Å². The van der Waals surface area contributed by atoms with E-state index < -0.39 is 10.0 Å². The molecule has 1 atom stereocenters. The van der Waals surface area contributed by atoms with E-state index >= 15 is 0 Å². The maximum Gasteiger partial charge on any atom is 0.243 e. The van der Waals surface area contributed by atoms with E-state index in [1.54, 1.807) is 35.7 Å². The van der Waals surface area contributed by atoms with Gasteiger partial charge in [-0.3, -0.25) is 0 Å². The SMILES string of the molecule is COc1ccc(S(=O)(=O)N2CCC[C@@H]2c2ccc(C)cc2)cc1. The van der Waals surface area contributed by atoms with Crippen LogP contribution in [0.15, 0.2) is 53.4 Å². The third kappa shape index (κ3) is 3.12. The van der Waals surface area contributed by atoms with Gasteiger partial charge >= 0.3 is 0 Å². The molecule has 3 rings (SSSR count). The van der Waals surface area contributed by atoms with Crippen molar-refractivity contribution < 1.29 is 13.2 Å². The molecule has 0 saturated carbocycles. The van der Waals surface area contributed by atoms with E-state index in [1.807, 2.05) is 31.2 Å². The molecule has 23 heavy (non-hydrogen) atoms. The molecule has 0 radical (unpaired) electrons. The molecule has 0 spiro atoms. The van der Waals surface area contributed by atoms with Gasteiger partial charge in [-0.05, 0) is 49.6 Å². The average molecular weight is 331 g/mol. The van der Waals surface area contributed by atoms with Crippen LogP contribution in [0, 0.1) is 6.92 Å². The summed E-state index contributed by atoms with van der Waals surface area (Å²) in [4.78, 5) is 0.317. The van der Waals surface area contributed by atoms with Crippen molar-refractivity contribution in [3.05, 3.63) is 59.7 Å². The number of benzene rings is 2. The summed E-state index contributed by atoms with van der Waals surface area (Å²) in [7, 11) is -1.93. The first-order chi connectivity index (χ1) is 11.0. The maximum atomic E-state index is 13.0. The molecule has 0 aliphatic carbocycles. The Morgan fingerprint density at radius 2 is 1.70 bits per heavy atom. The lowest BCUT2D eigenvalue weighted by atomic mass is 10.0. The summed E-state index contributed by atoms with van der Waals surface area (Å²) in [6.45, 7) is 2.59. The Labute approximate surface area is 137 Å². The molecule has 2 aromatic rings. The molecule has 4 nitrogen and oxygen atoms in total. The maximum absolute atomic E-state index is 13.0. The van der Waals surface area contributed by atoms with E-state index in [0.29, 0.717) is 17.2 Å². The summed E-state index contributed by atoms with van der Waals surface area (Å²) in [5, 5.41) is 0. The molecule has 0 amide bonds. The fourth-order valence-corrected chi connectivity index (χ4v) is 4.72. The van der Waals surface area contributed by atoms with Gasteiger partial charge in [0.15, 0.2) is 0 Å². The molecule has 5 heteroatoms. The minimum Gasteiger partial charge on any atom is -0.497 e. The van der Waals surface area contributed by atoms with Crippen LogP contribution in [0.2, 0.25) is 0 Å². The van der Waals surface area contributed by atoms with E-state index in [0.717, 1.165) is 18.4 Å². The van der Waals surface area contributed by atoms with E-state index in [9.17, 15) is 8.42 Å². The summed E-state index contributed by atoms with van der Waals surface area (Å²) in [6, 6.07) is 14.6. The number of hydrogen-bond donors (Lipinski definition) is 0. The van der Waals surface area contributed by atoms with Crippen LogP contribution in [-0.2, 0) is 10.0 Å². The zero-order valence-electron chi connectivity index (χ0n) is 13.4. The predicted octanol–water partition coefficient (Wildman–Crippen LogP) is 3.53. The van der Waals surface area contributed by atoms with E-state index in [1.165, 1.54) is 5.56 Å². The van der Waals surface area contributed by atoms with Gasteiger partial charge in [0.25, 0.3) is 0 Å². The molecule has 1 aliphatic rings. The van der Waals surface area contributed by atoms with Crippen molar-refractivity contribution in [3.63, 3.8) is 0 Å². The first kappa shape index (κ1) is 16.0. The lowest BCUT2D eigenvalue weighted by Gasteiger charge is -2.24.